The van der Waals surface area contributed by atoms with Gasteiger partial charge in [0.2, 0.25) is 0 Å². The van der Waals surface area contributed by atoms with Crippen LogP contribution in [0.1, 0.15) is 50.5 Å². The van der Waals surface area contributed by atoms with E-state index >= 15 is 0 Å². The van der Waals surface area contributed by atoms with Crippen molar-refractivity contribution in [3.63, 3.8) is 0 Å². The number of Topliss-reactive ketones (excluding diaryl/α,β-unsaturated/α-hetero) is 2. The summed E-state index contributed by atoms with van der Waals surface area (Å²) in [6, 6.07) is 30.9. The molecular formula is C35H35NO8. The highest BCUT2D eigenvalue weighted by Crippen LogP contribution is 2.19. The Morgan fingerprint density at radius 3 is 1.80 bits per heavy atom. The zero-order valence-corrected chi connectivity index (χ0v) is 24.5. The van der Waals surface area contributed by atoms with Crippen LogP contribution in [0.25, 0.3) is 0 Å². The van der Waals surface area contributed by atoms with Crippen LogP contribution in [0.5, 0.6) is 0 Å². The first-order valence-corrected chi connectivity index (χ1v) is 14.2. The molecule has 9 nitrogen and oxygen atoms in total. The fourth-order valence-electron chi connectivity index (χ4n) is 4.44. The van der Waals surface area contributed by atoms with Crippen molar-refractivity contribution in [2.24, 2.45) is 5.92 Å². The van der Waals surface area contributed by atoms with E-state index in [1.54, 1.807) is 12.1 Å². The van der Waals surface area contributed by atoms with Gasteiger partial charge in [-0.05, 0) is 28.8 Å². The van der Waals surface area contributed by atoms with Crippen LogP contribution in [-0.2, 0) is 48.4 Å². The summed E-state index contributed by atoms with van der Waals surface area (Å²) in [5, 5.41) is 0. The molecule has 1 aromatic heterocycles. The number of carbonyl (C=O) groups is 4. The average molecular weight is 598 g/mol. The quantitative estimate of drug-likeness (QED) is 0.0963. The summed E-state index contributed by atoms with van der Waals surface area (Å²) in [6.07, 6.45) is -1.33. The molecule has 0 fully saturated rings. The predicted octanol–water partition coefficient (Wildman–Crippen LogP) is 5.50. The minimum absolute atomic E-state index is 0.0548. The third-order valence-corrected chi connectivity index (χ3v) is 6.85. The van der Waals surface area contributed by atoms with Crippen molar-refractivity contribution in [2.75, 3.05) is 13.7 Å². The first kappa shape index (κ1) is 32.1. The van der Waals surface area contributed by atoms with Gasteiger partial charge in [0, 0.05) is 12.8 Å². The Morgan fingerprint density at radius 1 is 0.659 bits per heavy atom. The maximum Gasteiger partial charge on any atom is 0.354 e. The monoisotopic (exact) mass is 597 g/mol. The van der Waals surface area contributed by atoms with Gasteiger partial charge >= 0.3 is 11.9 Å². The van der Waals surface area contributed by atoms with Gasteiger partial charge in [0.05, 0.1) is 38.7 Å². The number of methoxy groups -OCH3 is 1. The largest absolute Gasteiger partial charge is 0.464 e. The summed E-state index contributed by atoms with van der Waals surface area (Å²) in [7, 11) is 1.22. The standard InChI is InChI=1S/C35H35NO8/c1-41-35(40)31-18-17-30(36-31)33(38)20-29(34(39)44-23-27-15-9-4-10-16-27)32(37)19-28(43-22-26-13-7-3-8-14-26)24-42-21-25-11-5-2-6-12-25/h2-18,28-29,36H,19-24H2,1H3/t28-,29+/m0/s1. The highest BCUT2D eigenvalue weighted by molar-refractivity contribution is 6.06. The number of ketones is 2. The van der Waals surface area contributed by atoms with Crippen molar-refractivity contribution in [1.82, 2.24) is 4.98 Å². The van der Waals surface area contributed by atoms with E-state index in [1.165, 1.54) is 19.2 Å². The molecule has 0 radical (unpaired) electrons. The molecular weight excluding hydrogens is 562 g/mol. The summed E-state index contributed by atoms with van der Waals surface area (Å²) >= 11 is 0. The van der Waals surface area contributed by atoms with Gasteiger partial charge in [-0.3, -0.25) is 14.4 Å². The van der Waals surface area contributed by atoms with Gasteiger partial charge in [-0.25, -0.2) is 4.79 Å². The molecule has 0 saturated carbocycles. The number of ether oxygens (including phenoxy) is 4. The van der Waals surface area contributed by atoms with E-state index in [2.05, 4.69) is 9.72 Å². The van der Waals surface area contributed by atoms with Gasteiger partial charge in [-0.15, -0.1) is 0 Å². The highest BCUT2D eigenvalue weighted by Gasteiger charge is 2.33. The number of H-pyrrole nitrogens is 1. The molecule has 44 heavy (non-hydrogen) atoms. The Balaban J connectivity index is 1.48. The molecule has 0 bridgehead atoms. The maximum absolute atomic E-state index is 13.7. The number of aromatic nitrogens is 1. The van der Waals surface area contributed by atoms with Crippen LogP contribution in [-0.4, -0.2) is 48.3 Å². The van der Waals surface area contributed by atoms with E-state index in [1.807, 2.05) is 78.9 Å². The second-order valence-electron chi connectivity index (χ2n) is 10.1. The van der Waals surface area contributed by atoms with Crippen LogP contribution in [0.4, 0.5) is 0 Å². The molecule has 0 aliphatic rings. The Labute approximate surface area is 256 Å². The third-order valence-electron chi connectivity index (χ3n) is 6.85. The molecule has 0 spiro atoms. The fraction of sp³-hybridized carbons (Fsp3) is 0.257. The Morgan fingerprint density at radius 2 is 1.20 bits per heavy atom. The number of hydrogen-bond acceptors (Lipinski definition) is 8. The van der Waals surface area contributed by atoms with Crippen LogP contribution in [0.3, 0.4) is 0 Å². The molecule has 4 aromatic rings. The number of esters is 2. The van der Waals surface area contributed by atoms with E-state index < -0.39 is 41.9 Å². The van der Waals surface area contributed by atoms with Gasteiger partial charge in [0.1, 0.15) is 24.0 Å². The van der Waals surface area contributed by atoms with Crippen molar-refractivity contribution in [1.29, 1.82) is 0 Å². The number of nitrogens with one attached hydrogen (secondary N) is 1. The normalized spacial score (nSPS) is 12.2. The van der Waals surface area contributed by atoms with Crippen LogP contribution in [0.15, 0.2) is 103 Å². The van der Waals surface area contributed by atoms with E-state index in [0.717, 1.165) is 16.7 Å². The Kier molecular flexibility index (Phi) is 12.2. The zero-order valence-electron chi connectivity index (χ0n) is 24.5. The molecule has 3 aromatic carbocycles. The summed E-state index contributed by atoms with van der Waals surface area (Å²) in [4.78, 5) is 54.7. The molecule has 0 aliphatic heterocycles. The van der Waals surface area contributed by atoms with E-state index in [-0.39, 0.29) is 37.6 Å². The lowest BCUT2D eigenvalue weighted by atomic mass is 9.93. The van der Waals surface area contributed by atoms with Crippen molar-refractivity contribution in [3.05, 3.63) is 131 Å². The summed E-state index contributed by atoms with van der Waals surface area (Å²) in [5.74, 6) is -3.91. The SMILES string of the molecule is COC(=O)c1ccc(C(=O)C[C@H](C(=O)C[C@@H](COCc2ccccc2)OCc2ccccc2)C(=O)OCc2ccccc2)[nH]1. The molecule has 0 aliphatic carbocycles. The van der Waals surface area contributed by atoms with Gasteiger partial charge < -0.3 is 23.9 Å². The lowest BCUT2D eigenvalue weighted by molar-refractivity contribution is -0.154. The predicted molar refractivity (Wildman–Crippen MR) is 162 cm³/mol. The molecule has 0 unspecified atom stereocenters. The van der Waals surface area contributed by atoms with Crippen molar-refractivity contribution in [2.45, 2.75) is 38.8 Å². The van der Waals surface area contributed by atoms with Gasteiger partial charge in [-0.1, -0.05) is 91.0 Å². The van der Waals surface area contributed by atoms with Crippen molar-refractivity contribution >= 4 is 23.5 Å². The lowest BCUT2D eigenvalue weighted by Gasteiger charge is -2.21. The zero-order chi connectivity index (χ0) is 31.1. The van der Waals surface area contributed by atoms with Crippen molar-refractivity contribution < 1.29 is 38.1 Å². The Bertz CT molecular complexity index is 1500. The molecule has 0 amide bonds. The third kappa shape index (κ3) is 9.86. The first-order chi connectivity index (χ1) is 21.4. The lowest BCUT2D eigenvalue weighted by Crippen LogP contribution is -2.33. The summed E-state index contributed by atoms with van der Waals surface area (Å²) < 4.78 is 22.2. The smallest absolute Gasteiger partial charge is 0.354 e. The average Bonchev–Trinajstić information content (AvgIpc) is 3.56. The van der Waals surface area contributed by atoms with Crippen LogP contribution >= 0.6 is 0 Å². The minimum Gasteiger partial charge on any atom is -0.464 e. The number of aromatic amines is 1. The fourth-order valence-corrected chi connectivity index (χ4v) is 4.44. The van der Waals surface area contributed by atoms with Crippen molar-refractivity contribution in [3.8, 4) is 0 Å². The number of rotatable bonds is 17. The second-order valence-corrected chi connectivity index (χ2v) is 10.1. The molecule has 1 N–H and O–H groups in total. The van der Waals surface area contributed by atoms with Gasteiger partial charge in [-0.2, -0.15) is 0 Å². The number of hydrogen-bond donors (Lipinski definition) is 1. The summed E-state index contributed by atoms with van der Waals surface area (Å²) in [6.45, 7) is 0.581. The maximum atomic E-state index is 13.7. The van der Waals surface area contributed by atoms with E-state index in [0.29, 0.717) is 6.61 Å². The second kappa shape index (κ2) is 16.7. The van der Waals surface area contributed by atoms with Crippen LogP contribution in [0.2, 0.25) is 0 Å². The molecule has 228 valence electrons. The molecule has 1 heterocycles. The number of benzene rings is 3. The highest BCUT2D eigenvalue weighted by atomic mass is 16.5. The summed E-state index contributed by atoms with van der Waals surface area (Å²) in [5.41, 5.74) is 2.77. The Hall–Kier alpha value is -4.86. The van der Waals surface area contributed by atoms with Gasteiger partial charge in [0.15, 0.2) is 5.78 Å². The van der Waals surface area contributed by atoms with Gasteiger partial charge in [0.25, 0.3) is 0 Å². The molecule has 2 atom stereocenters. The first-order valence-electron chi connectivity index (χ1n) is 14.2. The van der Waals surface area contributed by atoms with Crippen LogP contribution < -0.4 is 0 Å². The molecule has 9 heteroatoms. The minimum atomic E-state index is -1.40. The molecule has 0 saturated heterocycles. The molecule has 4 rings (SSSR count). The van der Waals surface area contributed by atoms with Crippen LogP contribution in [0, 0.1) is 5.92 Å². The topological polar surface area (TPSA) is 121 Å². The van der Waals surface area contributed by atoms with E-state index in [9.17, 15) is 19.2 Å². The number of carbonyl (C=O) groups excluding carboxylic acids is 4. The van der Waals surface area contributed by atoms with E-state index in [4.69, 9.17) is 14.2 Å².